The fraction of sp³-hybridized carbons (Fsp3) is 0.512. The fourth-order valence-corrected chi connectivity index (χ4v) is 7.29. The summed E-state index contributed by atoms with van der Waals surface area (Å²) < 4.78 is 0. The van der Waals surface area contributed by atoms with Gasteiger partial charge >= 0.3 is 0 Å². The van der Waals surface area contributed by atoms with Crippen LogP contribution in [0, 0.1) is 20.8 Å². The summed E-state index contributed by atoms with van der Waals surface area (Å²) in [7, 11) is 0. The number of nitrogens with one attached hydrogen (secondary N) is 3. The number of carbonyl (C=O) groups is 3. The average molecular weight is 855 g/mol. The minimum Gasteiger partial charge on any atom is -0.507 e. The zero-order valence-electron chi connectivity index (χ0n) is 35.1. The molecule has 4 rings (SSSR count). The largest absolute Gasteiger partial charge is 0.507 e. The summed E-state index contributed by atoms with van der Waals surface area (Å²) >= 11 is 0. The quantitative estimate of drug-likeness (QED) is 0.0746. The van der Waals surface area contributed by atoms with Crippen LogP contribution in [0.4, 0.5) is 0 Å². The standard InChI is InChI=1S/C43H62N6O12/c1-26-11-29(38(56)35(14-26)41(59)44-32(20-50)21-51)17-47-5-4-6-48(18-30-12-27(2)15-36(39(30)57)42(60)45-33(22-52)23-53)8-10-49(9-7-47)19-31-13-28(3)16-37(40(31)58)43(61)46-34(24-54)25-55/h11-16,32-34,50-58H,4-10,17-25H2,1-3H3,(H,44,59)(H,45,60)(H,46,61). The van der Waals surface area contributed by atoms with E-state index < -0.39 is 75.5 Å². The SMILES string of the molecule is Cc1cc(CN2CCCN(Cc3cc(C)cc(C(=O)NC(CO)CO)c3O)CCN(Cc3cc(C)cc(C(=O)NC(CO)CO)c3O)CC2)c(O)c(C(=O)NC(CO)CO)c1. The average Bonchev–Trinajstić information content (AvgIpc) is 3.24. The second kappa shape index (κ2) is 23.4. The zero-order valence-corrected chi connectivity index (χ0v) is 35.1. The smallest absolute Gasteiger partial charge is 0.255 e. The molecular weight excluding hydrogens is 793 g/mol. The van der Waals surface area contributed by atoms with Crippen molar-refractivity contribution in [3.63, 3.8) is 0 Å². The lowest BCUT2D eigenvalue weighted by atomic mass is 10.0. The van der Waals surface area contributed by atoms with Crippen LogP contribution in [0.15, 0.2) is 36.4 Å². The Labute approximate surface area is 355 Å². The number of phenols is 3. The van der Waals surface area contributed by atoms with Gasteiger partial charge in [-0.1, -0.05) is 18.2 Å². The maximum absolute atomic E-state index is 13.2. The van der Waals surface area contributed by atoms with Crippen LogP contribution in [0.5, 0.6) is 17.2 Å². The number of benzene rings is 3. The Bertz CT molecular complexity index is 1860. The zero-order chi connectivity index (χ0) is 44.8. The van der Waals surface area contributed by atoms with Crippen molar-refractivity contribution in [3.8, 4) is 17.2 Å². The molecule has 18 heteroatoms. The third kappa shape index (κ3) is 13.5. The second-order valence-electron chi connectivity index (χ2n) is 15.7. The maximum atomic E-state index is 13.2. The van der Waals surface area contributed by atoms with Gasteiger partial charge in [0.15, 0.2) is 0 Å². The topological polar surface area (TPSA) is 279 Å². The molecule has 0 aliphatic carbocycles. The van der Waals surface area contributed by atoms with E-state index in [0.717, 1.165) is 0 Å². The maximum Gasteiger partial charge on any atom is 0.255 e. The van der Waals surface area contributed by atoms with E-state index in [2.05, 4.69) is 30.7 Å². The summed E-state index contributed by atoms with van der Waals surface area (Å²) in [5, 5.41) is 98.8. The molecular formula is C43H62N6O12. The molecule has 336 valence electrons. The first-order chi connectivity index (χ1) is 29.1. The Hall–Kier alpha value is -4.89. The van der Waals surface area contributed by atoms with Gasteiger partial charge in [0, 0.05) is 62.5 Å². The third-order valence-corrected chi connectivity index (χ3v) is 10.7. The summed E-state index contributed by atoms with van der Waals surface area (Å²) in [6, 6.07) is 7.23. The first-order valence-corrected chi connectivity index (χ1v) is 20.4. The van der Waals surface area contributed by atoms with Gasteiger partial charge in [0.05, 0.1) is 74.5 Å². The number of phenolic OH excluding ortho intramolecular Hbond substituents is 3. The minimum absolute atomic E-state index is 0.00378. The van der Waals surface area contributed by atoms with E-state index in [-0.39, 0.29) is 53.6 Å². The van der Waals surface area contributed by atoms with Crippen LogP contribution >= 0.6 is 0 Å². The van der Waals surface area contributed by atoms with E-state index in [1.807, 2.05) is 0 Å². The molecule has 18 nitrogen and oxygen atoms in total. The Kier molecular flexibility index (Phi) is 18.7. The monoisotopic (exact) mass is 854 g/mol. The van der Waals surface area contributed by atoms with Gasteiger partial charge in [0.1, 0.15) is 17.2 Å². The van der Waals surface area contributed by atoms with E-state index >= 15 is 0 Å². The van der Waals surface area contributed by atoms with Gasteiger partial charge in [-0.25, -0.2) is 0 Å². The molecule has 0 spiro atoms. The molecule has 1 heterocycles. The fourth-order valence-electron chi connectivity index (χ4n) is 7.29. The molecule has 0 aromatic heterocycles. The number of hydrogen-bond donors (Lipinski definition) is 12. The summed E-state index contributed by atoms with van der Waals surface area (Å²) in [5.74, 6) is -2.65. The van der Waals surface area contributed by atoms with Crippen molar-refractivity contribution in [1.29, 1.82) is 0 Å². The van der Waals surface area contributed by atoms with Crippen molar-refractivity contribution in [2.24, 2.45) is 0 Å². The van der Waals surface area contributed by atoms with Crippen molar-refractivity contribution in [3.05, 3.63) is 86.5 Å². The predicted molar refractivity (Wildman–Crippen MR) is 225 cm³/mol. The number of aryl methyl sites for hydroxylation is 3. The number of nitrogens with zero attached hydrogens (tertiary/aromatic N) is 3. The Balaban J connectivity index is 1.67. The molecule has 61 heavy (non-hydrogen) atoms. The first-order valence-electron chi connectivity index (χ1n) is 20.4. The van der Waals surface area contributed by atoms with Gasteiger partial charge in [0.25, 0.3) is 17.7 Å². The van der Waals surface area contributed by atoms with Crippen LogP contribution in [-0.4, -0.2) is 175 Å². The van der Waals surface area contributed by atoms with Gasteiger partial charge in [-0.15, -0.1) is 0 Å². The van der Waals surface area contributed by atoms with Gasteiger partial charge in [-0.2, -0.15) is 0 Å². The van der Waals surface area contributed by atoms with Gasteiger partial charge in [-0.05, 0) is 75.2 Å². The van der Waals surface area contributed by atoms with E-state index in [1.54, 1.807) is 39.0 Å². The highest BCUT2D eigenvalue weighted by atomic mass is 16.3. The molecule has 0 unspecified atom stereocenters. The molecule has 0 radical (unpaired) electrons. The van der Waals surface area contributed by atoms with Crippen LogP contribution in [-0.2, 0) is 19.6 Å². The van der Waals surface area contributed by atoms with E-state index in [4.69, 9.17) is 0 Å². The molecule has 3 amide bonds. The van der Waals surface area contributed by atoms with Crippen LogP contribution in [0.2, 0.25) is 0 Å². The molecule has 1 aliphatic rings. The highest BCUT2D eigenvalue weighted by Crippen LogP contribution is 2.30. The summed E-state index contributed by atoms with van der Waals surface area (Å²) in [6.45, 7) is 6.19. The number of rotatable bonds is 18. The number of amides is 3. The van der Waals surface area contributed by atoms with Crippen molar-refractivity contribution >= 4 is 17.7 Å². The Morgan fingerprint density at radius 1 is 0.459 bits per heavy atom. The molecule has 1 saturated heterocycles. The van der Waals surface area contributed by atoms with Gasteiger partial charge < -0.3 is 61.9 Å². The molecule has 0 atom stereocenters. The lowest BCUT2D eigenvalue weighted by Crippen LogP contribution is -2.42. The van der Waals surface area contributed by atoms with Crippen LogP contribution in [0.25, 0.3) is 0 Å². The van der Waals surface area contributed by atoms with Crippen molar-refractivity contribution in [2.75, 3.05) is 78.9 Å². The molecule has 0 bridgehead atoms. The number of aliphatic hydroxyl groups is 6. The van der Waals surface area contributed by atoms with Gasteiger partial charge in [-0.3, -0.25) is 29.1 Å². The summed E-state index contributed by atoms with van der Waals surface area (Å²) in [4.78, 5) is 45.7. The molecule has 1 fully saturated rings. The number of aliphatic hydroxyl groups excluding tert-OH is 6. The number of aromatic hydroxyl groups is 3. The highest BCUT2D eigenvalue weighted by molar-refractivity contribution is 5.99. The highest BCUT2D eigenvalue weighted by Gasteiger charge is 2.25. The third-order valence-electron chi connectivity index (χ3n) is 10.7. The van der Waals surface area contributed by atoms with E-state index in [1.165, 1.54) is 18.2 Å². The number of carbonyl (C=O) groups excluding carboxylic acids is 3. The van der Waals surface area contributed by atoms with Crippen LogP contribution in [0.1, 0.15) is 70.9 Å². The predicted octanol–water partition coefficient (Wildman–Crippen LogP) is -0.812. The summed E-state index contributed by atoms with van der Waals surface area (Å²) in [6.07, 6.45) is 0.656. The minimum atomic E-state index is -0.914. The van der Waals surface area contributed by atoms with Crippen LogP contribution < -0.4 is 16.0 Å². The van der Waals surface area contributed by atoms with Crippen molar-refractivity contribution < 1.29 is 60.3 Å². The first kappa shape index (κ1) is 48.8. The molecule has 3 aromatic rings. The Morgan fingerprint density at radius 3 is 0.951 bits per heavy atom. The van der Waals surface area contributed by atoms with Crippen molar-refractivity contribution in [1.82, 2.24) is 30.7 Å². The van der Waals surface area contributed by atoms with Crippen molar-refractivity contribution in [2.45, 2.75) is 65.0 Å². The molecule has 3 aromatic carbocycles. The van der Waals surface area contributed by atoms with Crippen LogP contribution in [0.3, 0.4) is 0 Å². The van der Waals surface area contributed by atoms with Gasteiger partial charge in [0.2, 0.25) is 0 Å². The molecule has 0 saturated carbocycles. The van der Waals surface area contributed by atoms with E-state index in [9.17, 15) is 60.3 Å². The molecule has 1 aliphatic heterocycles. The normalized spacial score (nSPS) is 14.8. The number of hydrogen-bond acceptors (Lipinski definition) is 15. The second-order valence-corrected chi connectivity index (χ2v) is 15.7. The lowest BCUT2D eigenvalue weighted by molar-refractivity contribution is 0.0870. The Morgan fingerprint density at radius 2 is 0.705 bits per heavy atom. The summed E-state index contributed by atoms with van der Waals surface area (Å²) in [5.41, 5.74) is 3.58. The molecule has 12 N–H and O–H groups in total. The lowest BCUT2D eigenvalue weighted by Gasteiger charge is -2.33. The van der Waals surface area contributed by atoms with E-state index in [0.29, 0.717) is 79.1 Å².